The van der Waals surface area contributed by atoms with Gasteiger partial charge in [0.15, 0.2) is 0 Å². The van der Waals surface area contributed by atoms with E-state index in [9.17, 15) is 0 Å². The summed E-state index contributed by atoms with van der Waals surface area (Å²) in [6.45, 7) is 3.43. The van der Waals surface area contributed by atoms with Gasteiger partial charge in [0.05, 0.1) is 5.60 Å². The molecule has 0 radical (unpaired) electrons. The van der Waals surface area contributed by atoms with Crippen LogP contribution in [-0.2, 0) is 4.74 Å². The van der Waals surface area contributed by atoms with Crippen LogP contribution >= 0.6 is 11.8 Å². The Balaban J connectivity index is 1.56. The summed E-state index contributed by atoms with van der Waals surface area (Å²) in [4.78, 5) is 0. The van der Waals surface area contributed by atoms with E-state index in [1.54, 1.807) is 0 Å². The van der Waals surface area contributed by atoms with Crippen molar-refractivity contribution in [3.05, 3.63) is 0 Å². The highest BCUT2D eigenvalue weighted by Crippen LogP contribution is 2.38. The third-order valence-corrected chi connectivity index (χ3v) is 6.69. The summed E-state index contributed by atoms with van der Waals surface area (Å²) in [6, 6.07) is 1.47. The van der Waals surface area contributed by atoms with Crippen LogP contribution in [0.15, 0.2) is 0 Å². The quantitative estimate of drug-likeness (QED) is 0.779. The van der Waals surface area contributed by atoms with Crippen LogP contribution in [-0.4, -0.2) is 35.8 Å². The van der Waals surface area contributed by atoms with Crippen LogP contribution in [0.1, 0.15) is 64.7 Å². The third kappa shape index (κ3) is 3.72. The molecule has 2 saturated heterocycles. The topological polar surface area (TPSA) is 21.3 Å². The highest BCUT2D eigenvalue weighted by atomic mass is 32.2. The maximum atomic E-state index is 6.22. The molecule has 3 aliphatic rings. The van der Waals surface area contributed by atoms with Crippen LogP contribution in [0.4, 0.5) is 0 Å². The van der Waals surface area contributed by atoms with Gasteiger partial charge in [0.25, 0.3) is 0 Å². The van der Waals surface area contributed by atoms with Crippen molar-refractivity contribution in [2.75, 3.05) is 18.1 Å². The van der Waals surface area contributed by atoms with Gasteiger partial charge in [-0.25, -0.2) is 0 Å². The largest absolute Gasteiger partial charge is 0.375 e. The van der Waals surface area contributed by atoms with E-state index in [1.165, 1.54) is 69.3 Å². The summed E-state index contributed by atoms with van der Waals surface area (Å²) in [5.41, 5.74) is 0.231. The molecule has 2 aliphatic heterocycles. The molecule has 0 amide bonds. The van der Waals surface area contributed by atoms with Crippen molar-refractivity contribution >= 4 is 11.8 Å². The summed E-state index contributed by atoms with van der Waals surface area (Å²) in [5.74, 6) is 3.46. The number of hydrogen-bond donors (Lipinski definition) is 1. The first kappa shape index (κ1) is 15.2. The van der Waals surface area contributed by atoms with Crippen LogP contribution in [0.25, 0.3) is 0 Å². The van der Waals surface area contributed by atoms with E-state index in [0.29, 0.717) is 6.04 Å². The second kappa shape index (κ2) is 7.02. The molecule has 1 saturated carbocycles. The van der Waals surface area contributed by atoms with Crippen LogP contribution < -0.4 is 5.32 Å². The van der Waals surface area contributed by atoms with Crippen molar-refractivity contribution in [2.45, 2.75) is 82.4 Å². The first-order valence-corrected chi connectivity index (χ1v) is 9.91. The van der Waals surface area contributed by atoms with Gasteiger partial charge in [0.2, 0.25) is 0 Å². The molecule has 20 heavy (non-hydrogen) atoms. The van der Waals surface area contributed by atoms with Crippen LogP contribution in [0.3, 0.4) is 0 Å². The Morgan fingerprint density at radius 2 is 1.85 bits per heavy atom. The average molecular weight is 298 g/mol. The SMILES string of the molecule is CC1CCCCCC1NC1CCOC2(CCSCC2)C1. The molecule has 0 aromatic carbocycles. The molecule has 0 aromatic heterocycles. The smallest absolute Gasteiger partial charge is 0.0713 e. The summed E-state index contributed by atoms with van der Waals surface area (Å²) >= 11 is 2.10. The molecule has 3 rings (SSSR count). The van der Waals surface area contributed by atoms with Crippen LogP contribution in [0.2, 0.25) is 0 Å². The summed E-state index contributed by atoms with van der Waals surface area (Å²) < 4.78 is 6.22. The molecule has 1 spiro atoms. The van der Waals surface area contributed by atoms with E-state index in [4.69, 9.17) is 4.74 Å². The lowest BCUT2D eigenvalue weighted by Crippen LogP contribution is -2.52. The van der Waals surface area contributed by atoms with Crippen LogP contribution in [0.5, 0.6) is 0 Å². The lowest BCUT2D eigenvalue weighted by atomic mass is 9.84. The van der Waals surface area contributed by atoms with Crippen molar-refractivity contribution in [3.63, 3.8) is 0 Å². The molecule has 1 N–H and O–H groups in total. The summed E-state index contributed by atoms with van der Waals surface area (Å²) in [5, 5.41) is 4.03. The first-order valence-electron chi connectivity index (χ1n) is 8.75. The zero-order valence-corrected chi connectivity index (χ0v) is 13.9. The zero-order valence-electron chi connectivity index (χ0n) is 13.0. The zero-order chi connectivity index (χ0) is 13.8. The third-order valence-electron chi connectivity index (χ3n) is 5.71. The highest BCUT2D eigenvalue weighted by molar-refractivity contribution is 7.99. The molecule has 3 fully saturated rings. The minimum Gasteiger partial charge on any atom is -0.375 e. The fraction of sp³-hybridized carbons (Fsp3) is 1.00. The van der Waals surface area contributed by atoms with Gasteiger partial charge in [-0.15, -0.1) is 0 Å². The Bertz CT molecular complexity index is 298. The van der Waals surface area contributed by atoms with Gasteiger partial charge in [-0.2, -0.15) is 11.8 Å². The second-order valence-corrected chi connectivity index (χ2v) is 8.45. The molecule has 2 nitrogen and oxygen atoms in total. The van der Waals surface area contributed by atoms with Gasteiger partial charge in [-0.05, 0) is 55.9 Å². The predicted molar refractivity (Wildman–Crippen MR) is 87.4 cm³/mol. The van der Waals surface area contributed by atoms with Gasteiger partial charge in [0.1, 0.15) is 0 Å². The van der Waals surface area contributed by atoms with E-state index in [2.05, 4.69) is 24.0 Å². The van der Waals surface area contributed by atoms with Crippen molar-refractivity contribution < 1.29 is 4.74 Å². The molecule has 0 aromatic rings. The Morgan fingerprint density at radius 1 is 1.05 bits per heavy atom. The standard InChI is InChI=1S/C17H31NOS/c1-14-5-3-2-4-6-16(14)18-15-7-10-19-17(13-15)8-11-20-12-9-17/h14-16,18H,2-13H2,1H3. The molecule has 3 atom stereocenters. The van der Waals surface area contributed by atoms with Gasteiger partial charge < -0.3 is 10.1 Å². The van der Waals surface area contributed by atoms with E-state index >= 15 is 0 Å². The van der Waals surface area contributed by atoms with Crippen LogP contribution in [0, 0.1) is 5.92 Å². The first-order chi connectivity index (χ1) is 9.77. The lowest BCUT2D eigenvalue weighted by Gasteiger charge is -2.44. The number of thioether (sulfide) groups is 1. The molecule has 0 bridgehead atoms. The van der Waals surface area contributed by atoms with Gasteiger partial charge in [0, 0.05) is 18.7 Å². The highest BCUT2D eigenvalue weighted by Gasteiger charge is 2.39. The van der Waals surface area contributed by atoms with Crippen molar-refractivity contribution in [2.24, 2.45) is 5.92 Å². The van der Waals surface area contributed by atoms with Crippen molar-refractivity contribution in [1.29, 1.82) is 0 Å². The maximum absolute atomic E-state index is 6.22. The van der Waals surface area contributed by atoms with Gasteiger partial charge in [-0.3, -0.25) is 0 Å². The summed E-state index contributed by atoms with van der Waals surface area (Å²) in [6.07, 6.45) is 12.1. The molecule has 116 valence electrons. The monoisotopic (exact) mass is 297 g/mol. The van der Waals surface area contributed by atoms with Gasteiger partial charge >= 0.3 is 0 Å². The Hall–Kier alpha value is 0.270. The number of nitrogens with one attached hydrogen (secondary N) is 1. The minimum absolute atomic E-state index is 0.231. The van der Waals surface area contributed by atoms with Gasteiger partial charge in [-0.1, -0.05) is 26.2 Å². The van der Waals surface area contributed by atoms with E-state index in [1.807, 2.05) is 0 Å². The normalized spacial score (nSPS) is 38.5. The van der Waals surface area contributed by atoms with Crippen molar-refractivity contribution in [3.8, 4) is 0 Å². The molecular formula is C17H31NOS. The molecular weight excluding hydrogens is 266 g/mol. The Morgan fingerprint density at radius 3 is 2.70 bits per heavy atom. The lowest BCUT2D eigenvalue weighted by molar-refractivity contribution is -0.0948. The fourth-order valence-electron chi connectivity index (χ4n) is 4.31. The Labute approximate surface area is 128 Å². The molecule has 1 aliphatic carbocycles. The van der Waals surface area contributed by atoms with E-state index < -0.39 is 0 Å². The second-order valence-electron chi connectivity index (χ2n) is 7.22. The number of ether oxygens (including phenoxy) is 1. The van der Waals surface area contributed by atoms with Crippen molar-refractivity contribution in [1.82, 2.24) is 5.32 Å². The minimum atomic E-state index is 0.231. The molecule has 3 unspecified atom stereocenters. The Kier molecular flexibility index (Phi) is 5.33. The average Bonchev–Trinajstić information content (AvgIpc) is 2.65. The summed E-state index contributed by atoms with van der Waals surface area (Å²) in [7, 11) is 0. The molecule has 3 heteroatoms. The van der Waals surface area contributed by atoms with E-state index in [0.717, 1.165) is 18.6 Å². The predicted octanol–water partition coefficient (Wildman–Crippen LogP) is 3.99. The number of hydrogen-bond acceptors (Lipinski definition) is 3. The fourth-order valence-corrected chi connectivity index (χ4v) is 5.54. The van der Waals surface area contributed by atoms with E-state index in [-0.39, 0.29) is 5.60 Å². The maximum Gasteiger partial charge on any atom is 0.0713 e. The molecule has 2 heterocycles. The number of rotatable bonds is 2.